The molecule has 1 atom stereocenters. The van der Waals surface area contributed by atoms with Crippen LogP contribution in [0.25, 0.3) is 0 Å². The van der Waals surface area contributed by atoms with E-state index in [9.17, 15) is 9.59 Å². The summed E-state index contributed by atoms with van der Waals surface area (Å²) in [6.07, 6.45) is 1.93. The van der Waals surface area contributed by atoms with Crippen LogP contribution in [0.5, 0.6) is 0 Å². The average Bonchev–Trinajstić information content (AvgIpc) is 2.69. The minimum atomic E-state index is -0.292. The van der Waals surface area contributed by atoms with Gasteiger partial charge in [-0.2, -0.15) is 0 Å². The number of carbonyl (C=O) groups is 2. The zero-order valence-corrected chi connectivity index (χ0v) is 10.5. The smallest absolute Gasteiger partial charge is 0.309 e. The van der Waals surface area contributed by atoms with Crippen molar-refractivity contribution in [1.82, 2.24) is 0 Å². The van der Waals surface area contributed by atoms with Crippen LogP contribution < -0.4 is 0 Å². The molecule has 17 heavy (non-hydrogen) atoms. The Morgan fingerprint density at radius 2 is 2.24 bits per heavy atom. The Balaban J connectivity index is 2.13. The first-order valence-electron chi connectivity index (χ1n) is 5.94. The number of rotatable bonds is 2. The standard InChI is InChI=1S/C13H18O4/c1-13(2)5-4-10(14)9-6-8(17-12(9)13)7-11(15)16-3/h8H,4-7H2,1-3H3. The lowest BCUT2D eigenvalue weighted by Crippen LogP contribution is -2.24. The second-order valence-electron chi connectivity index (χ2n) is 5.34. The van der Waals surface area contributed by atoms with Crippen LogP contribution in [-0.4, -0.2) is 25.0 Å². The van der Waals surface area contributed by atoms with Crippen LogP contribution in [-0.2, 0) is 19.1 Å². The van der Waals surface area contributed by atoms with Gasteiger partial charge in [-0.3, -0.25) is 9.59 Å². The third kappa shape index (κ3) is 2.21. The molecule has 0 bridgehead atoms. The Hall–Kier alpha value is -1.32. The highest BCUT2D eigenvalue weighted by Gasteiger charge is 2.42. The van der Waals surface area contributed by atoms with Crippen LogP contribution in [0, 0.1) is 5.41 Å². The molecule has 0 amide bonds. The van der Waals surface area contributed by atoms with Gasteiger partial charge in [0.05, 0.1) is 13.5 Å². The molecular formula is C13H18O4. The molecule has 0 aromatic rings. The van der Waals surface area contributed by atoms with Gasteiger partial charge in [0.25, 0.3) is 0 Å². The van der Waals surface area contributed by atoms with E-state index in [1.165, 1.54) is 7.11 Å². The molecule has 1 aliphatic carbocycles. The van der Waals surface area contributed by atoms with Gasteiger partial charge in [-0.05, 0) is 6.42 Å². The van der Waals surface area contributed by atoms with Crippen molar-refractivity contribution < 1.29 is 19.1 Å². The van der Waals surface area contributed by atoms with E-state index in [1.807, 2.05) is 0 Å². The fourth-order valence-corrected chi connectivity index (χ4v) is 2.48. The topological polar surface area (TPSA) is 52.6 Å². The summed E-state index contributed by atoms with van der Waals surface area (Å²) in [5.41, 5.74) is 0.698. The highest BCUT2D eigenvalue weighted by molar-refractivity contribution is 5.97. The van der Waals surface area contributed by atoms with Crippen molar-refractivity contribution in [3.8, 4) is 0 Å². The van der Waals surface area contributed by atoms with Gasteiger partial charge in [0.1, 0.15) is 11.9 Å². The number of ether oxygens (including phenoxy) is 2. The molecule has 4 nitrogen and oxygen atoms in total. The monoisotopic (exact) mass is 238 g/mol. The second kappa shape index (κ2) is 4.17. The van der Waals surface area contributed by atoms with Crippen molar-refractivity contribution in [3.63, 3.8) is 0 Å². The molecule has 0 saturated heterocycles. The number of hydrogen-bond donors (Lipinski definition) is 0. The summed E-state index contributed by atoms with van der Waals surface area (Å²) in [6.45, 7) is 4.16. The highest BCUT2D eigenvalue weighted by atomic mass is 16.5. The van der Waals surface area contributed by atoms with E-state index in [0.717, 1.165) is 17.8 Å². The first-order chi connectivity index (χ1) is 7.94. The molecule has 0 aromatic heterocycles. The lowest BCUT2D eigenvalue weighted by atomic mass is 9.77. The minimum Gasteiger partial charge on any atom is -0.493 e. The Morgan fingerprint density at radius 3 is 2.82 bits per heavy atom. The van der Waals surface area contributed by atoms with E-state index in [2.05, 4.69) is 18.6 Å². The minimum absolute atomic E-state index is 0.0892. The van der Waals surface area contributed by atoms with E-state index in [1.54, 1.807) is 0 Å². The fourth-order valence-electron chi connectivity index (χ4n) is 2.48. The van der Waals surface area contributed by atoms with Gasteiger partial charge in [0.2, 0.25) is 0 Å². The maximum atomic E-state index is 11.8. The van der Waals surface area contributed by atoms with E-state index in [4.69, 9.17) is 4.74 Å². The summed E-state index contributed by atoms with van der Waals surface area (Å²) < 4.78 is 10.4. The first kappa shape index (κ1) is 12.1. The molecule has 1 unspecified atom stereocenters. The molecule has 0 aromatic carbocycles. The maximum Gasteiger partial charge on any atom is 0.309 e. The molecule has 94 valence electrons. The summed E-state index contributed by atoms with van der Waals surface area (Å²) in [7, 11) is 1.36. The van der Waals surface area contributed by atoms with E-state index in [-0.39, 0.29) is 29.7 Å². The van der Waals surface area contributed by atoms with Gasteiger partial charge < -0.3 is 9.47 Å². The SMILES string of the molecule is COC(=O)CC1CC2=C(O1)C(C)(C)CCC2=O. The largest absolute Gasteiger partial charge is 0.493 e. The van der Waals surface area contributed by atoms with Gasteiger partial charge in [-0.25, -0.2) is 0 Å². The molecule has 0 radical (unpaired) electrons. The quantitative estimate of drug-likeness (QED) is 0.690. The number of esters is 1. The Morgan fingerprint density at radius 1 is 1.53 bits per heavy atom. The normalized spacial score (nSPS) is 26.5. The summed E-state index contributed by atoms with van der Waals surface area (Å²) >= 11 is 0. The molecule has 0 fully saturated rings. The summed E-state index contributed by atoms with van der Waals surface area (Å²) in [4.78, 5) is 23.0. The summed E-state index contributed by atoms with van der Waals surface area (Å²) in [6, 6.07) is 0. The Kier molecular flexibility index (Phi) is 2.98. The van der Waals surface area contributed by atoms with Gasteiger partial charge in [0.15, 0.2) is 5.78 Å². The number of Topliss-reactive ketones (excluding diaryl/α,β-unsaturated/α-hetero) is 1. The molecule has 0 N–H and O–H groups in total. The second-order valence-corrected chi connectivity index (χ2v) is 5.34. The highest BCUT2D eigenvalue weighted by Crippen LogP contribution is 2.45. The van der Waals surface area contributed by atoms with Crippen molar-refractivity contribution in [2.75, 3.05) is 7.11 Å². The lowest BCUT2D eigenvalue weighted by molar-refractivity contribution is -0.143. The average molecular weight is 238 g/mol. The number of allylic oxidation sites excluding steroid dienone is 1. The van der Waals surface area contributed by atoms with Crippen LogP contribution in [0.15, 0.2) is 11.3 Å². The predicted molar refractivity (Wildman–Crippen MR) is 61.2 cm³/mol. The molecule has 2 rings (SSSR count). The van der Waals surface area contributed by atoms with Crippen LogP contribution in [0.3, 0.4) is 0 Å². The van der Waals surface area contributed by atoms with E-state index in [0.29, 0.717) is 12.8 Å². The maximum absolute atomic E-state index is 11.8. The van der Waals surface area contributed by atoms with Crippen molar-refractivity contribution >= 4 is 11.8 Å². The van der Waals surface area contributed by atoms with Gasteiger partial charge in [0, 0.05) is 23.8 Å². The summed E-state index contributed by atoms with van der Waals surface area (Å²) in [5, 5.41) is 0. The molecule has 1 heterocycles. The zero-order valence-electron chi connectivity index (χ0n) is 10.5. The molecule has 2 aliphatic rings. The van der Waals surface area contributed by atoms with Crippen LogP contribution >= 0.6 is 0 Å². The van der Waals surface area contributed by atoms with Gasteiger partial charge >= 0.3 is 5.97 Å². The van der Waals surface area contributed by atoms with Crippen LogP contribution in [0.4, 0.5) is 0 Å². The zero-order chi connectivity index (χ0) is 12.6. The molecule has 0 spiro atoms. The first-order valence-corrected chi connectivity index (χ1v) is 5.94. The third-order valence-electron chi connectivity index (χ3n) is 3.54. The predicted octanol–water partition coefficient (Wildman–Crippen LogP) is 1.98. The van der Waals surface area contributed by atoms with Crippen LogP contribution in [0.1, 0.15) is 39.5 Å². The lowest BCUT2D eigenvalue weighted by Gasteiger charge is -2.30. The van der Waals surface area contributed by atoms with Crippen molar-refractivity contribution in [2.24, 2.45) is 5.41 Å². The van der Waals surface area contributed by atoms with Crippen LogP contribution in [0.2, 0.25) is 0 Å². The Bertz CT molecular complexity index is 392. The molecular weight excluding hydrogens is 220 g/mol. The number of carbonyl (C=O) groups excluding carboxylic acids is 2. The number of hydrogen-bond acceptors (Lipinski definition) is 4. The van der Waals surface area contributed by atoms with Crippen molar-refractivity contribution in [1.29, 1.82) is 0 Å². The van der Waals surface area contributed by atoms with Crippen molar-refractivity contribution in [3.05, 3.63) is 11.3 Å². The molecule has 0 saturated carbocycles. The number of ketones is 1. The van der Waals surface area contributed by atoms with Gasteiger partial charge in [-0.15, -0.1) is 0 Å². The van der Waals surface area contributed by atoms with Gasteiger partial charge in [-0.1, -0.05) is 13.8 Å². The van der Waals surface area contributed by atoms with E-state index >= 15 is 0 Å². The Labute approximate surface area is 101 Å². The van der Waals surface area contributed by atoms with E-state index < -0.39 is 0 Å². The summed E-state index contributed by atoms with van der Waals surface area (Å²) in [5.74, 6) is 0.675. The fraction of sp³-hybridized carbons (Fsp3) is 0.692. The molecule has 4 heteroatoms. The number of methoxy groups -OCH3 is 1. The molecule has 1 aliphatic heterocycles. The van der Waals surface area contributed by atoms with Crippen molar-refractivity contribution in [2.45, 2.75) is 45.6 Å². The third-order valence-corrected chi connectivity index (χ3v) is 3.54.